The van der Waals surface area contributed by atoms with Crippen LogP contribution in [0.1, 0.15) is 29.8 Å². The van der Waals surface area contributed by atoms with Crippen molar-refractivity contribution in [3.63, 3.8) is 0 Å². The first-order valence-corrected chi connectivity index (χ1v) is 8.59. The molecule has 1 aliphatic heterocycles. The predicted molar refractivity (Wildman–Crippen MR) is 82.7 cm³/mol. The van der Waals surface area contributed by atoms with E-state index in [0.717, 1.165) is 16.8 Å². The molecule has 4 nitrogen and oxygen atoms in total. The fraction of sp³-hybridized carbons (Fsp3) is 0.375. The third-order valence-electron chi connectivity index (χ3n) is 4.20. The molecular weight excluding hydrogens is 284 g/mol. The van der Waals surface area contributed by atoms with Crippen molar-refractivity contribution in [3.05, 3.63) is 53.3 Å². The minimum absolute atomic E-state index is 0.139. The van der Waals surface area contributed by atoms with Crippen molar-refractivity contribution in [2.45, 2.75) is 38.3 Å². The number of rotatable bonds is 2. The number of sulfonamides is 1. The van der Waals surface area contributed by atoms with Gasteiger partial charge in [0.15, 0.2) is 0 Å². The van der Waals surface area contributed by atoms with E-state index in [-0.39, 0.29) is 6.04 Å². The van der Waals surface area contributed by atoms with Crippen LogP contribution in [-0.2, 0) is 16.6 Å². The quantitative estimate of drug-likeness (QED) is 0.856. The Morgan fingerprint density at radius 3 is 2.62 bits per heavy atom. The van der Waals surface area contributed by atoms with Gasteiger partial charge in [-0.3, -0.25) is 0 Å². The molecule has 1 aliphatic rings. The van der Waals surface area contributed by atoms with Gasteiger partial charge in [-0.25, -0.2) is 8.42 Å². The van der Waals surface area contributed by atoms with Crippen molar-refractivity contribution >= 4 is 10.0 Å². The molecule has 0 radical (unpaired) electrons. The van der Waals surface area contributed by atoms with Gasteiger partial charge in [-0.15, -0.1) is 0 Å². The summed E-state index contributed by atoms with van der Waals surface area (Å²) in [6.07, 6.45) is 2.01. The molecule has 0 spiro atoms. The molecular formula is C16H20N2O2S. The summed E-state index contributed by atoms with van der Waals surface area (Å²) in [5, 5.41) is 0. The lowest BCUT2D eigenvalue weighted by Gasteiger charge is -2.34. The van der Waals surface area contributed by atoms with Gasteiger partial charge in [-0.1, -0.05) is 17.7 Å². The predicted octanol–water partition coefficient (Wildman–Crippen LogP) is 2.87. The van der Waals surface area contributed by atoms with E-state index < -0.39 is 10.0 Å². The van der Waals surface area contributed by atoms with Gasteiger partial charge in [-0.05, 0) is 44.5 Å². The summed E-state index contributed by atoms with van der Waals surface area (Å²) in [5.74, 6) is 0. The lowest BCUT2D eigenvalue weighted by atomic mass is 10.2. The van der Waals surface area contributed by atoms with Crippen LogP contribution in [0.25, 0.3) is 0 Å². The average Bonchev–Trinajstić information content (AvgIpc) is 2.87. The van der Waals surface area contributed by atoms with E-state index in [1.54, 1.807) is 10.4 Å². The SMILES string of the molecule is Cc1ccc(S(=O)(=O)N2CCn3cccc3[C@H]2C)c(C)c1. The number of nitrogens with zero attached hydrogens (tertiary/aromatic N) is 2. The van der Waals surface area contributed by atoms with Crippen molar-refractivity contribution in [2.75, 3.05) is 6.54 Å². The van der Waals surface area contributed by atoms with E-state index in [4.69, 9.17) is 0 Å². The second kappa shape index (κ2) is 5.00. The van der Waals surface area contributed by atoms with Crippen LogP contribution in [-0.4, -0.2) is 23.8 Å². The lowest BCUT2D eigenvalue weighted by Crippen LogP contribution is -2.40. The number of aryl methyl sites for hydroxylation is 2. The van der Waals surface area contributed by atoms with Crippen LogP contribution in [0.4, 0.5) is 0 Å². The Balaban J connectivity index is 2.03. The highest BCUT2D eigenvalue weighted by atomic mass is 32.2. The normalized spacial score (nSPS) is 19.5. The molecule has 2 heterocycles. The molecule has 3 rings (SSSR count). The molecule has 0 unspecified atom stereocenters. The van der Waals surface area contributed by atoms with E-state index in [0.29, 0.717) is 18.0 Å². The number of hydrogen-bond acceptors (Lipinski definition) is 2. The lowest BCUT2D eigenvalue weighted by molar-refractivity contribution is 0.282. The van der Waals surface area contributed by atoms with Gasteiger partial charge >= 0.3 is 0 Å². The minimum atomic E-state index is -3.46. The summed E-state index contributed by atoms with van der Waals surface area (Å²) < 4.78 is 29.7. The molecule has 0 bridgehead atoms. The maximum absolute atomic E-state index is 13.0. The largest absolute Gasteiger partial charge is 0.349 e. The van der Waals surface area contributed by atoms with Gasteiger partial charge in [0.25, 0.3) is 0 Å². The molecule has 1 aromatic carbocycles. The van der Waals surface area contributed by atoms with Crippen LogP contribution in [0.3, 0.4) is 0 Å². The Hall–Kier alpha value is -1.59. The fourth-order valence-electron chi connectivity index (χ4n) is 3.10. The number of hydrogen-bond donors (Lipinski definition) is 0. The maximum atomic E-state index is 13.0. The summed E-state index contributed by atoms with van der Waals surface area (Å²) in [7, 11) is -3.46. The monoisotopic (exact) mass is 304 g/mol. The first kappa shape index (κ1) is 14.4. The Labute approximate surface area is 126 Å². The molecule has 0 saturated heterocycles. The van der Waals surface area contributed by atoms with Crippen LogP contribution < -0.4 is 0 Å². The average molecular weight is 304 g/mol. The Bertz CT molecular complexity index is 777. The molecule has 0 saturated carbocycles. The van der Waals surface area contributed by atoms with Crippen LogP contribution in [0.2, 0.25) is 0 Å². The Morgan fingerprint density at radius 2 is 1.90 bits per heavy atom. The van der Waals surface area contributed by atoms with Crippen molar-refractivity contribution in [2.24, 2.45) is 0 Å². The smallest absolute Gasteiger partial charge is 0.243 e. The standard InChI is InChI=1S/C16H20N2O2S/c1-12-6-7-16(13(2)11-12)21(19,20)18-10-9-17-8-4-5-15(17)14(18)3/h4-8,11,14H,9-10H2,1-3H3/t14-/m1/s1. The third-order valence-corrected chi connectivity index (χ3v) is 6.33. The van der Waals surface area contributed by atoms with E-state index >= 15 is 0 Å². The Morgan fingerprint density at radius 1 is 1.14 bits per heavy atom. The van der Waals surface area contributed by atoms with Crippen molar-refractivity contribution in [1.82, 2.24) is 8.87 Å². The van der Waals surface area contributed by atoms with E-state index in [1.165, 1.54) is 0 Å². The second-order valence-electron chi connectivity index (χ2n) is 5.69. The van der Waals surface area contributed by atoms with Gasteiger partial charge < -0.3 is 4.57 Å². The van der Waals surface area contributed by atoms with Gasteiger partial charge in [0.1, 0.15) is 0 Å². The topological polar surface area (TPSA) is 42.3 Å². The molecule has 1 aromatic heterocycles. The molecule has 112 valence electrons. The van der Waals surface area contributed by atoms with Crippen LogP contribution in [0.5, 0.6) is 0 Å². The zero-order valence-corrected chi connectivity index (χ0v) is 13.4. The van der Waals surface area contributed by atoms with Gasteiger partial charge in [0.2, 0.25) is 10.0 Å². The molecule has 0 N–H and O–H groups in total. The van der Waals surface area contributed by atoms with E-state index in [9.17, 15) is 8.42 Å². The molecule has 21 heavy (non-hydrogen) atoms. The molecule has 0 fully saturated rings. The highest BCUT2D eigenvalue weighted by molar-refractivity contribution is 7.89. The number of aromatic nitrogens is 1. The van der Waals surface area contributed by atoms with Crippen molar-refractivity contribution < 1.29 is 8.42 Å². The summed E-state index contributed by atoms with van der Waals surface area (Å²) in [4.78, 5) is 0.417. The van der Waals surface area contributed by atoms with E-state index in [1.807, 2.05) is 51.2 Å². The van der Waals surface area contributed by atoms with Gasteiger partial charge in [0, 0.05) is 25.0 Å². The first-order valence-electron chi connectivity index (χ1n) is 7.15. The van der Waals surface area contributed by atoms with Crippen LogP contribution in [0, 0.1) is 13.8 Å². The third kappa shape index (κ3) is 2.30. The first-order chi connectivity index (χ1) is 9.91. The fourth-order valence-corrected chi connectivity index (χ4v) is 4.91. The van der Waals surface area contributed by atoms with Crippen LogP contribution >= 0.6 is 0 Å². The van der Waals surface area contributed by atoms with E-state index in [2.05, 4.69) is 4.57 Å². The van der Waals surface area contributed by atoms with Crippen molar-refractivity contribution in [1.29, 1.82) is 0 Å². The molecule has 2 aromatic rings. The molecule has 0 amide bonds. The van der Waals surface area contributed by atoms with Gasteiger partial charge in [-0.2, -0.15) is 4.31 Å². The highest BCUT2D eigenvalue weighted by Crippen LogP contribution is 2.32. The zero-order chi connectivity index (χ0) is 15.2. The summed E-state index contributed by atoms with van der Waals surface area (Å²) in [6.45, 7) is 7.00. The minimum Gasteiger partial charge on any atom is -0.349 e. The zero-order valence-electron chi connectivity index (χ0n) is 12.6. The Kier molecular flexibility index (Phi) is 3.42. The molecule has 0 aliphatic carbocycles. The highest BCUT2D eigenvalue weighted by Gasteiger charge is 2.34. The second-order valence-corrected chi connectivity index (χ2v) is 7.55. The van der Waals surface area contributed by atoms with Crippen molar-refractivity contribution in [3.8, 4) is 0 Å². The number of benzene rings is 1. The molecule has 5 heteroatoms. The van der Waals surface area contributed by atoms with Gasteiger partial charge in [0.05, 0.1) is 10.9 Å². The molecule has 1 atom stereocenters. The number of fused-ring (bicyclic) bond motifs is 1. The van der Waals surface area contributed by atoms with Crippen LogP contribution in [0.15, 0.2) is 41.4 Å². The summed E-state index contributed by atoms with van der Waals surface area (Å²) in [6, 6.07) is 9.33. The summed E-state index contributed by atoms with van der Waals surface area (Å²) >= 11 is 0. The summed E-state index contributed by atoms with van der Waals surface area (Å²) in [5.41, 5.74) is 2.93. The maximum Gasteiger partial charge on any atom is 0.243 e.